The second-order valence-corrected chi connectivity index (χ2v) is 5.89. The van der Waals surface area contributed by atoms with Crippen LogP contribution in [-0.4, -0.2) is 55.6 Å². The molecule has 6 nitrogen and oxygen atoms in total. The summed E-state index contributed by atoms with van der Waals surface area (Å²) in [5.41, 5.74) is 0.350. The first-order valence-electron chi connectivity index (χ1n) is 7.36. The number of morpholine rings is 1. The maximum absolute atomic E-state index is 12.4. The van der Waals surface area contributed by atoms with E-state index >= 15 is 0 Å². The number of halogens is 3. The number of ether oxygens (including phenoxy) is 1. The minimum atomic E-state index is -0.416. The maximum atomic E-state index is 12.4. The first kappa shape index (κ1) is 21.0. The molecular weight excluding hydrogens is 377 g/mol. The van der Waals surface area contributed by atoms with Crippen LogP contribution in [0.2, 0.25) is 10.0 Å². The van der Waals surface area contributed by atoms with Crippen molar-refractivity contribution in [3.8, 4) is 0 Å². The molecule has 0 spiro atoms. The van der Waals surface area contributed by atoms with Gasteiger partial charge in [0.2, 0.25) is 11.8 Å². The van der Waals surface area contributed by atoms with Crippen molar-refractivity contribution in [2.75, 3.05) is 38.2 Å². The van der Waals surface area contributed by atoms with Crippen LogP contribution in [0.25, 0.3) is 0 Å². The molecule has 0 aromatic heterocycles. The van der Waals surface area contributed by atoms with Crippen LogP contribution in [0.3, 0.4) is 0 Å². The minimum absolute atomic E-state index is 0. The lowest BCUT2D eigenvalue weighted by Gasteiger charge is -2.29. The van der Waals surface area contributed by atoms with E-state index in [1.807, 2.05) is 6.92 Å². The normalized spacial score (nSPS) is 16.9. The van der Waals surface area contributed by atoms with Gasteiger partial charge in [-0.05, 0) is 19.1 Å². The summed E-state index contributed by atoms with van der Waals surface area (Å²) in [5, 5.41) is 6.44. The molecule has 2 N–H and O–H groups in total. The number of anilines is 1. The highest BCUT2D eigenvalue weighted by atomic mass is 35.5. The molecule has 134 valence electrons. The highest BCUT2D eigenvalue weighted by Crippen LogP contribution is 2.29. The second kappa shape index (κ2) is 10.1. The largest absolute Gasteiger partial charge is 0.378 e. The van der Waals surface area contributed by atoms with Crippen LogP contribution in [0.4, 0.5) is 5.69 Å². The molecule has 2 rings (SSSR count). The van der Waals surface area contributed by atoms with Crippen LogP contribution >= 0.6 is 35.6 Å². The summed E-state index contributed by atoms with van der Waals surface area (Å²) in [6, 6.07) is 4.54. The summed E-state index contributed by atoms with van der Waals surface area (Å²) in [6.07, 6.45) is 0. The lowest BCUT2D eigenvalue weighted by atomic mass is 10.2. The quantitative estimate of drug-likeness (QED) is 0.800. The predicted molar refractivity (Wildman–Crippen MR) is 97.2 cm³/mol. The highest BCUT2D eigenvalue weighted by molar-refractivity contribution is 6.39. The lowest BCUT2D eigenvalue weighted by molar-refractivity contribution is -0.138. The average molecular weight is 397 g/mol. The number of carbonyl (C=O) groups is 2. The van der Waals surface area contributed by atoms with Crippen molar-refractivity contribution >= 4 is 53.1 Å². The number of likely N-dealkylation sites (N-methyl/N-ethyl adjacent to an activating group) is 1. The topological polar surface area (TPSA) is 70.7 Å². The first-order chi connectivity index (χ1) is 11.0. The van der Waals surface area contributed by atoms with Gasteiger partial charge < -0.3 is 20.3 Å². The smallest absolute Gasteiger partial charge is 0.244 e. The molecule has 0 radical (unpaired) electrons. The van der Waals surface area contributed by atoms with Crippen molar-refractivity contribution in [2.45, 2.75) is 13.0 Å². The molecule has 1 aromatic rings. The molecule has 9 heteroatoms. The number of benzene rings is 1. The van der Waals surface area contributed by atoms with Crippen LogP contribution in [-0.2, 0) is 14.3 Å². The molecule has 1 atom stereocenters. The van der Waals surface area contributed by atoms with E-state index in [4.69, 9.17) is 27.9 Å². The second-order valence-electron chi connectivity index (χ2n) is 5.08. The van der Waals surface area contributed by atoms with Crippen molar-refractivity contribution in [3.05, 3.63) is 28.2 Å². The van der Waals surface area contributed by atoms with Gasteiger partial charge in [0, 0.05) is 13.1 Å². The molecule has 1 unspecified atom stereocenters. The molecular formula is C15H20Cl3N3O3. The molecule has 24 heavy (non-hydrogen) atoms. The summed E-state index contributed by atoms with van der Waals surface area (Å²) in [7, 11) is 0. The van der Waals surface area contributed by atoms with Crippen LogP contribution in [0.5, 0.6) is 0 Å². The zero-order valence-electron chi connectivity index (χ0n) is 13.2. The number of amides is 2. The van der Waals surface area contributed by atoms with Crippen LogP contribution in [0.1, 0.15) is 6.92 Å². The molecule has 0 bridgehead atoms. The van der Waals surface area contributed by atoms with E-state index in [0.29, 0.717) is 42.0 Å². The van der Waals surface area contributed by atoms with Gasteiger partial charge in [-0.15, -0.1) is 12.4 Å². The molecule has 1 aliphatic rings. The molecule has 1 saturated heterocycles. The molecule has 0 saturated carbocycles. The Kier molecular flexibility index (Phi) is 8.80. The van der Waals surface area contributed by atoms with Gasteiger partial charge in [0.05, 0.1) is 35.5 Å². The summed E-state index contributed by atoms with van der Waals surface area (Å²) < 4.78 is 5.28. The molecule has 1 aliphatic heterocycles. The Hall–Kier alpha value is -1.05. The van der Waals surface area contributed by atoms with E-state index in [-0.39, 0.29) is 30.8 Å². The van der Waals surface area contributed by atoms with Gasteiger partial charge in [0.15, 0.2) is 0 Å². The van der Waals surface area contributed by atoms with Gasteiger partial charge in [0.25, 0.3) is 0 Å². The number of hydrogen-bond acceptors (Lipinski definition) is 4. The Balaban J connectivity index is 0.00000288. The first-order valence-corrected chi connectivity index (χ1v) is 8.12. The highest BCUT2D eigenvalue weighted by Gasteiger charge is 2.26. The van der Waals surface area contributed by atoms with E-state index in [9.17, 15) is 9.59 Å². The Morgan fingerprint density at radius 1 is 1.38 bits per heavy atom. The summed E-state index contributed by atoms with van der Waals surface area (Å²) >= 11 is 12.0. The standard InChI is InChI=1S/C15H19Cl2N3O3.ClH/c1-2-20(15(22)12-9-23-7-6-18-12)8-13(21)19-14-10(16)4-3-5-11(14)17;/h3-5,12,18H,2,6-9H2,1H3,(H,19,21);1H. The van der Waals surface area contributed by atoms with Crippen molar-refractivity contribution < 1.29 is 14.3 Å². The van der Waals surface area contributed by atoms with E-state index in [2.05, 4.69) is 10.6 Å². The van der Waals surface area contributed by atoms with Gasteiger partial charge in [-0.2, -0.15) is 0 Å². The lowest BCUT2D eigenvalue weighted by Crippen LogP contribution is -2.53. The van der Waals surface area contributed by atoms with Crippen LogP contribution in [0, 0.1) is 0 Å². The average Bonchev–Trinajstić information content (AvgIpc) is 2.56. The monoisotopic (exact) mass is 395 g/mol. The zero-order valence-corrected chi connectivity index (χ0v) is 15.5. The Bertz CT molecular complexity index is 560. The van der Waals surface area contributed by atoms with E-state index in [0.717, 1.165) is 0 Å². The van der Waals surface area contributed by atoms with Gasteiger partial charge in [-0.3, -0.25) is 9.59 Å². The third-order valence-electron chi connectivity index (χ3n) is 3.47. The number of carbonyl (C=O) groups excluding carboxylic acids is 2. The summed E-state index contributed by atoms with van der Waals surface area (Å²) in [5.74, 6) is -0.514. The SMILES string of the molecule is CCN(CC(=O)Nc1c(Cl)cccc1Cl)C(=O)C1COCCN1.Cl. The molecule has 1 heterocycles. The van der Waals surface area contributed by atoms with Gasteiger partial charge in [0.1, 0.15) is 6.04 Å². The zero-order chi connectivity index (χ0) is 16.8. The Labute approximate surface area is 157 Å². The fourth-order valence-corrected chi connectivity index (χ4v) is 2.75. The molecule has 2 amide bonds. The Morgan fingerprint density at radius 3 is 2.58 bits per heavy atom. The fraction of sp³-hybridized carbons (Fsp3) is 0.467. The number of nitrogens with one attached hydrogen (secondary N) is 2. The third-order valence-corrected chi connectivity index (χ3v) is 4.10. The van der Waals surface area contributed by atoms with E-state index in [1.54, 1.807) is 18.2 Å². The van der Waals surface area contributed by atoms with Crippen molar-refractivity contribution in [3.63, 3.8) is 0 Å². The number of rotatable bonds is 5. The summed E-state index contributed by atoms with van der Waals surface area (Å²) in [6.45, 7) is 3.68. The molecule has 1 fully saturated rings. The van der Waals surface area contributed by atoms with E-state index in [1.165, 1.54) is 4.90 Å². The molecule has 1 aromatic carbocycles. The molecule has 0 aliphatic carbocycles. The van der Waals surface area contributed by atoms with Gasteiger partial charge in [-0.1, -0.05) is 29.3 Å². The number of hydrogen-bond donors (Lipinski definition) is 2. The maximum Gasteiger partial charge on any atom is 0.244 e. The number of para-hydroxylation sites is 1. The minimum Gasteiger partial charge on any atom is -0.378 e. The predicted octanol–water partition coefficient (Wildman–Crippen LogP) is 2.19. The third kappa shape index (κ3) is 5.50. The van der Waals surface area contributed by atoms with Crippen molar-refractivity contribution in [2.24, 2.45) is 0 Å². The van der Waals surface area contributed by atoms with Crippen LogP contribution in [0.15, 0.2) is 18.2 Å². The van der Waals surface area contributed by atoms with Gasteiger partial charge in [-0.25, -0.2) is 0 Å². The fourth-order valence-electron chi connectivity index (χ4n) is 2.26. The number of nitrogens with zero attached hydrogens (tertiary/aromatic N) is 1. The van der Waals surface area contributed by atoms with E-state index < -0.39 is 6.04 Å². The summed E-state index contributed by atoms with van der Waals surface area (Å²) in [4.78, 5) is 26.1. The van der Waals surface area contributed by atoms with Crippen molar-refractivity contribution in [1.82, 2.24) is 10.2 Å². The van der Waals surface area contributed by atoms with Gasteiger partial charge >= 0.3 is 0 Å². The van der Waals surface area contributed by atoms with Crippen LogP contribution < -0.4 is 10.6 Å². The van der Waals surface area contributed by atoms with Crippen molar-refractivity contribution in [1.29, 1.82) is 0 Å². The Morgan fingerprint density at radius 2 is 2.04 bits per heavy atom.